The Bertz CT molecular complexity index is 227. The summed E-state index contributed by atoms with van der Waals surface area (Å²) in [5.74, 6) is -0.0269. The number of nitrogens with one attached hydrogen (secondary N) is 2. The molecule has 0 radical (unpaired) electrons. The largest absolute Gasteiger partial charge is 0.295 e. The first-order valence-corrected chi connectivity index (χ1v) is 5.63. The number of sulfonamides is 1. The minimum absolute atomic E-state index is 0.0269. The number of hydrazine groups is 2. The minimum atomic E-state index is -3.30. The molecule has 0 bridgehead atoms. The van der Waals surface area contributed by atoms with Crippen molar-refractivity contribution in [1.82, 2.24) is 20.3 Å². The van der Waals surface area contributed by atoms with E-state index in [-0.39, 0.29) is 5.88 Å². The Hall–Kier alpha value is -0.210. The molecule has 0 amide bonds. The lowest BCUT2D eigenvalue weighted by molar-refractivity contribution is 0.255. The van der Waals surface area contributed by atoms with Gasteiger partial charge in [0.2, 0.25) is 0 Å². The molecule has 0 saturated carbocycles. The maximum Gasteiger partial charge on any atom is 0.253 e. The van der Waals surface area contributed by atoms with E-state index < -0.39 is 10.0 Å². The molecule has 0 atom stereocenters. The maximum absolute atomic E-state index is 11.5. The molecule has 7 heteroatoms. The van der Waals surface area contributed by atoms with E-state index in [1.807, 2.05) is 6.92 Å². The van der Waals surface area contributed by atoms with Crippen molar-refractivity contribution in [3.05, 3.63) is 0 Å². The molecular weight excluding hydrogens is 192 g/mol. The summed E-state index contributed by atoms with van der Waals surface area (Å²) >= 11 is 0. The molecule has 0 aliphatic heterocycles. The Morgan fingerprint density at radius 2 is 1.85 bits per heavy atom. The summed E-state index contributed by atoms with van der Waals surface area (Å²) in [6.07, 6.45) is 0. The molecule has 13 heavy (non-hydrogen) atoms. The molecule has 0 aliphatic rings. The van der Waals surface area contributed by atoms with Crippen LogP contribution in [-0.2, 0) is 10.0 Å². The quantitative estimate of drug-likeness (QED) is 0.539. The van der Waals surface area contributed by atoms with E-state index in [9.17, 15) is 8.42 Å². The fourth-order valence-electron chi connectivity index (χ4n) is 0.844. The van der Waals surface area contributed by atoms with E-state index in [4.69, 9.17) is 0 Å². The van der Waals surface area contributed by atoms with Crippen LogP contribution in [0, 0.1) is 0 Å². The van der Waals surface area contributed by atoms with Crippen molar-refractivity contribution in [3.8, 4) is 0 Å². The van der Waals surface area contributed by atoms with Gasteiger partial charge in [0.25, 0.3) is 10.0 Å². The van der Waals surface area contributed by atoms with Crippen LogP contribution in [0.15, 0.2) is 0 Å². The van der Waals surface area contributed by atoms with Crippen molar-refractivity contribution >= 4 is 10.0 Å². The predicted molar refractivity (Wildman–Crippen MR) is 52.0 cm³/mol. The fourth-order valence-corrected chi connectivity index (χ4v) is 2.22. The summed E-state index contributed by atoms with van der Waals surface area (Å²) in [6.45, 7) is 2.38. The van der Waals surface area contributed by atoms with E-state index in [1.54, 1.807) is 26.0 Å². The second-order valence-corrected chi connectivity index (χ2v) is 4.61. The molecule has 0 aromatic heterocycles. The van der Waals surface area contributed by atoms with Crippen LogP contribution in [0.25, 0.3) is 0 Å². The lowest BCUT2D eigenvalue weighted by Crippen LogP contribution is -2.52. The van der Waals surface area contributed by atoms with Gasteiger partial charge in [-0.3, -0.25) is 4.90 Å². The lowest BCUT2D eigenvalue weighted by atomic mass is 10.8. The van der Waals surface area contributed by atoms with Crippen LogP contribution in [0.4, 0.5) is 0 Å². The van der Waals surface area contributed by atoms with Gasteiger partial charge in [0.1, 0.15) is 5.88 Å². The molecule has 0 fully saturated rings. The molecule has 0 heterocycles. The summed E-state index contributed by atoms with van der Waals surface area (Å²) in [5, 5.41) is 0. The van der Waals surface area contributed by atoms with Crippen molar-refractivity contribution in [2.45, 2.75) is 6.92 Å². The zero-order valence-electron chi connectivity index (χ0n) is 8.53. The monoisotopic (exact) mass is 210 g/mol. The van der Waals surface area contributed by atoms with Gasteiger partial charge in [0.05, 0.1) is 0 Å². The topological polar surface area (TPSA) is 64.7 Å². The highest BCUT2D eigenvalue weighted by Crippen LogP contribution is 1.94. The highest BCUT2D eigenvalue weighted by molar-refractivity contribution is 7.88. The molecule has 0 spiro atoms. The summed E-state index contributed by atoms with van der Waals surface area (Å²) in [4.78, 5) is 1.59. The predicted octanol–water partition coefficient (Wildman–Crippen LogP) is -1.20. The third-order valence-corrected chi connectivity index (χ3v) is 2.92. The van der Waals surface area contributed by atoms with Gasteiger partial charge >= 0.3 is 0 Å². The molecular formula is C6H18N4O2S. The van der Waals surface area contributed by atoms with Gasteiger partial charge in [0.15, 0.2) is 0 Å². The van der Waals surface area contributed by atoms with Gasteiger partial charge in [-0.15, -0.1) is 0 Å². The summed E-state index contributed by atoms with van der Waals surface area (Å²) in [7, 11) is 1.67. The second-order valence-electron chi connectivity index (χ2n) is 2.82. The first kappa shape index (κ1) is 12.8. The van der Waals surface area contributed by atoms with E-state index >= 15 is 0 Å². The Kier molecular flexibility index (Phi) is 5.42. The van der Waals surface area contributed by atoms with Crippen LogP contribution < -0.4 is 10.9 Å². The zero-order valence-corrected chi connectivity index (χ0v) is 9.35. The highest BCUT2D eigenvalue weighted by Gasteiger charge is 2.20. The average molecular weight is 210 g/mol. The Balaban J connectivity index is 4.39. The molecule has 0 unspecified atom stereocenters. The molecule has 0 aromatic rings. The molecule has 80 valence electrons. The Morgan fingerprint density at radius 1 is 1.31 bits per heavy atom. The van der Waals surface area contributed by atoms with Crippen LogP contribution in [0.5, 0.6) is 0 Å². The number of nitrogens with zero attached hydrogens (tertiary/aromatic N) is 2. The van der Waals surface area contributed by atoms with Crippen LogP contribution in [-0.4, -0.2) is 51.4 Å². The number of rotatable bonds is 6. The van der Waals surface area contributed by atoms with Crippen LogP contribution in [0.2, 0.25) is 0 Å². The number of hydrogen-bond acceptors (Lipinski definition) is 5. The maximum atomic E-state index is 11.5. The third-order valence-electron chi connectivity index (χ3n) is 1.20. The van der Waals surface area contributed by atoms with Crippen LogP contribution in [0.3, 0.4) is 0 Å². The molecule has 0 rings (SSSR count). The summed E-state index contributed by atoms with van der Waals surface area (Å²) in [6, 6.07) is 0. The van der Waals surface area contributed by atoms with E-state index in [2.05, 4.69) is 10.9 Å². The first-order valence-electron chi connectivity index (χ1n) is 4.02. The Labute approximate surface area is 79.9 Å². The lowest BCUT2D eigenvalue weighted by Gasteiger charge is -2.22. The van der Waals surface area contributed by atoms with E-state index in [1.165, 1.54) is 0 Å². The molecule has 2 N–H and O–H groups in total. The summed E-state index contributed by atoms with van der Waals surface area (Å²) < 4.78 is 24.1. The molecule has 0 aromatic carbocycles. The zero-order chi connectivity index (χ0) is 10.5. The van der Waals surface area contributed by atoms with Crippen molar-refractivity contribution in [1.29, 1.82) is 0 Å². The normalized spacial score (nSPS) is 12.8. The van der Waals surface area contributed by atoms with Gasteiger partial charge < -0.3 is 0 Å². The first-order chi connectivity index (χ1) is 5.94. The average Bonchev–Trinajstić information content (AvgIpc) is 1.97. The van der Waals surface area contributed by atoms with Crippen molar-refractivity contribution in [3.63, 3.8) is 0 Å². The SMILES string of the molecule is CCNN(NC)S(=O)(=O)CN(C)C. The second kappa shape index (κ2) is 5.51. The standard InChI is InChI=1S/C6H18N4O2S/c1-5-8-10(7-2)13(11,12)6-9(3)4/h7-8H,5-6H2,1-4H3. The van der Waals surface area contributed by atoms with E-state index in [0.717, 1.165) is 4.52 Å². The van der Waals surface area contributed by atoms with Gasteiger partial charge in [0, 0.05) is 13.6 Å². The van der Waals surface area contributed by atoms with Crippen molar-refractivity contribution in [2.75, 3.05) is 33.6 Å². The van der Waals surface area contributed by atoms with Gasteiger partial charge in [-0.1, -0.05) is 11.4 Å². The fraction of sp³-hybridized carbons (Fsp3) is 1.00. The third kappa shape index (κ3) is 4.53. The van der Waals surface area contributed by atoms with Crippen molar-refractivity contribution in [2.24, 2.45) is 0 Å². The van der Waals surface area contributed by atoms with Gasteiger partial charge in [-0.25, -0.2) is 19.3 Å². The minimum Gasteiger partial charge on any atom is -0.295 e. The van der Waals surface area contributed by atoms with Crippen LogP contribution >= 0.6 is 0 Å². The van der Waals surface area contributed by atoms with E-state index in [0.29, 0.717) is 6.54 Å². The van der Waals surface area contributed by atoms with Gasteiger partial charge in [-0.2, -0.15) is 0 Å². The smallest absolute Gasteiger partial charge is 0.253 e. The molecule has 0 saturated heterocycles. The highest BCUT2D eigenvalue weighted by atomic mass is 32.2. The Morgan fingerprint density at radius 3 is 2.15 bits per heavy atom. The van der Waals surface area contributed by atoms with Gasteiger partial charge in [-0.05, 0) is 14.1 Å². The molecule has 6 nitrogen and oxygen atoms in total. The van der Waals surface area contributed by atoms with Crippen molar-refractivity contribution < 1.29 is 8.42 Å². The van der Waals surface area contributed by atoms with Crippen LogP contribution in [0.1, 0.15) is 6.92 Å². The number of hydrogen-bond donors (Lipinski definition) is 2. The molecule has 0 aliphatic carbocycles. The summed E-state index contributed by atoms with van der Waals surface area (Å²) in [5.41, 5.74) is 5.24.